The minimum Gasteiger partial charge on any atom is -0.497 e. The van der Waals surface area contributed by atoms with Crippen LogP contribution in [-0.2, 0) is 5.60 Å². The van der Waals surface area contributed by atoms with Gasteiger partial charge in [0.1, 0.15) is 5.75 Å². The van der Waals surface area contributed by atoms with Crippen molar-refractivity contribution in [1.29, 1.82) is 0 Å². The summed E-state index contributed by atoms with van der Waals surface area (Å²) >= 11 is 0. The highest BCUT2D eigenvalue weighted by Gasteiger charge is 2.71. The van der Waals surface area contributed by atoms with E-state index in [0.717, 1.165) is 36.4 Å². The number of rotatable bonds is 5. The molecule has 0 aliphatic carbocycles. The van der Waals surface area contributed by atoms with Crippen LogP contribution in [0.5, 0.6) is 5.75 Å². The van der Waals surface area contributed by atoms with Gasteiger partial charge in [0.05, 0.1) is 12.0 Å². The van der Waals surface area contributed by atoms with Crippen molar-refractivity contribution in [2.75, 3.05) is 7.11 Å². The van der Waals surface area contributed by atoms with Gasteiger partial charge in [0, 0.05) is 12.1 Å². The zero-order valence-corrected chi connectivity index (χ0v) is 13.1. The molecule has 0 saturated heterocycles. The second-order valence-corrected chi connectivity index (χ2v) is 5.32. The number of nitro groups is 1. The first-order chi connectivity index (χ1) is 11.9. The summed E-state index contributed by atoms with van der Waals surface area (Å²) in [5.41, 5.74) is -5.93. The fourth-order valence-corrected chi connectivity index (χ4v) is 2.39. The summed E-state index contributed by atoms with van der Waals surface area (Å²) < 4.78 is 72.4. The summed E-state index contributed by atoms with van der Waals surface area (Å²) in [6.07, 6.45) is -6.08. The maximum atomic E-state index is 14.3. The molecule has 0 saturated carbocycles. The number of hydrogen-bond acceptors (Lipinski definition) is 4. The first-order valence-corrected chi connectivity index (χ1v) is 7.01. The molecule has 0 amide bonds. The number of hydrogen-bond donors (Lipinski definition) is 1. The van der Waals surface area contributed by atoms with E-state index in [9.17, 15) is 37.2 Å². The first-order valence-electron chi connectivity index (χ1n) is 7.01. The molecule has 0 radical (unpaired) electrons. The molecule has 2 rings (SSSR count). The van der Waals surface area contributed by atoms with Gasteiger partial charge in [0.15, 0.2) is 5.60 Å². The first kappa shape index (κ1) is 19.6. The van der Waals surface area contributed by atoms with Crippen molar-refractivity contribution in [2.24, 2.45) is 0 Å². The Morgan fingerprint density at radius 3 is 1.69 bits per heavy atom. The van der Waals surface area contributed by atoms with Crippen molar-refractivity contribution in [2.45, 2.75) is 17.7 Å². The number of aliphatic hydroxyl groups is 1. The summed E-state index contributed by atoms with van der Waals surface area (Å²) in [7, 11) is 1.27. The van der Waals surface area contributed by atoms with Crippen LogP contribution in [0.2, 0.25) is 0 Å². The molecule has 1 unspecified atom stereocenters. The zero-order valence-electron chi connectivity index (χ0n) is 13.1. The SMILES string of the molecule is COc1ccc(C(O)(c2ccc([N+](=O)[O-])cc2)C(F)(F)C(F)(F)F)cc1. The van der Waals surface area contributed by atoms with E-state index in [1.807, 2.05) is 0 Å². The Bertz CT molecular complexity index is 790. The van der Waals surface area contributed by atoms with Gasteiger partial charge in [-0.05, 0) is 35.4 Å². The fraction of sp³-hybridized carbons (Fsp3) is 0.250. The lowest BCUT2D eigenvalue weighted by Crippen LogP contribution is -2.55. The van der Waals surface area contributed by atoms with Crippen LogP contribution in [0.4, 0.5) is 27.6 Å². The Kier molecular flexibility index (Phi) is 4.91. The van der Waals surface area contributed by atoms with Crippen LogP contribution < -0.4 is 4.74 Å². The highest BCUT2D eigenvalue weighted by Crippen LogP contribution is 2.52. The average Bonchev–Trinajstić information content (AvgIpc) is 2.60. The average molecular weight is 377 g/mol. The summed E-state index contributed by atoms with van der Waals surface area (Å²) in [6.45, 7) is 0. The second kappa shape index (κ2) is 6.52. The van der Waals surface area contributed by atoms with Crippen molar-refractivity contribution in [3.05, 3.63) is 69.8 Å². The van der Waals surface area contributed by atoms with Gasteiger partial charge in [-0.2, -0.15) is 22.0 Å². The number of halogens is 5. The maximum Gasteiger partial charge on any atom is 0.457 e. The molecule has 0 heterocycles. The van der Waals surface area contributed by atoms with Crippen molar-refractivity contribution < 1.29 is 36.7 Å². The van der Waals surface area contributed by atoms with Crippen LogP contribution >= 0.6 is 0 Å². The van der Waals surface area contributed by atoms with E-state index in [4.69, 9.17) is 4.74 Å². The topological polar surface area (TPSA) is 72.6 Å². The summed E-state index contributed by atoms with van der Waals surface area (Å²) in [6, 6.07) is 6.71. The lowest BCUT2D eigenvalue weighted by Gasteiger charge is -2.37. The standard InChI is InChI=1S/C16H12F5NO4/c1-26-13-8-4-11(5-9-13)14(23,15(17,18)16(19,20)21)10-2-6-12(7-3-10)22(24)25/h2-9,23H,1H3. The molecule has 10 heteroatoms. The van der Waals surface area contributed by atoms with Gasteiger partial charge < -0.3 is 9.84 Å². The Balaban J connectivity index is 2.70. The van der Waals surface area contributed by atoms with Crippen molar-refractivity contribution >= 4 is 5.69 Å². The highest BCUT2D eigenvalue weighted by atomic mass is 19.4. The third kappa shape index (κ3) is 3.07. The Labute approximate surface area is 143 Å². The highest BCUT2D eigenvalue weighted by molar-refractivity contribution is 5.44. The predicted molar refractivity (Wildman–Crippen MR) is 80.1 cm³/mol. The van der Waals surface area contributed by atoms with Crippen LogP contribution in [0.15, 0.2) is 48.5 Å². The number of nitro benzene ring substituents is 1. The van der Waals surface area contributed by atoms with E-state index in [-0.39, 0.29) is 5.75 Å². The number of methoxy groups -OCH3 is 1. The molecule has 2 aromatic carbocycles. The Morgan fingerprint density at radius 1 is 0.923 bits per heavy atom. The van der Waals surface area contributed by atoms with Crippen LogP contribution in [-0.4, -0.2) is 29.2 Å². The molecule has 5 nitrogen and oxygen atoms in total. The van der Waals surface area contributed by atoms with Crippen LogP contribution in [0.25, 0.3) is 0 Å². The molecule has 1 N–H and O–H groups in total. The van der Waals surface area contributed by atoms with Gasteiger partial charge in [-0.25, -0.2) is 0 Å². The lowest BCUT2D eigenvalue weighted by atomic mass is 9.80. The Hall–Kier alpha value is -2.75. The van der Waals surface area contributed by atoms with Crippen LogP contribution in [0.3, 0.4) is 0 Å². The normalized spacial score (nSPS) is 14.6. The quantitative estimate of drug-likeness (QED) is 0.485. The van der Waals surface area contributed by atoms with Gasteiger partial charge in [-0.15, -0.1) is 0 Å². The van der Waals surface area contributed by atoms with Gasteiger partial charge in [-0.1, -0.05) is 12.1 Å². The lowest BCUT2D eigenvalue weighted by molar-refractivity contribution is -0.384. The zero-order chi connectivity index (χ0) is 19.8. The predicted octanol–water partition coefficient (Wildman–Crippen LogP) is 4.04. The molecule has 26 heavy (non-hydrogen) atoms. The van der Waals surface area contributed by atoms with E-state index >= 15 is 0 Å². The third-order valence-corrected chi connectivity index (χ3v) is 3.81. The van der Waals surface area contributed by atoms with Crippen LogP contribution in [0.1, 0.15) is 11.1 Å². The van der Waals surface area contributed by atoms with Crippen molar-refractivity contribution in [1.82, 2.24) is 0 Å². The second-order valence-electron chi connectivity index (χ2n) is 5.32. The third-order valence-electron chi connectivity index (χ3n) is 3.81. The molecule has 0 aromatic heterocycles. The molecule has 140 valence electrons. The fourth-order valence-electron chi connectivity index (χ4n) is 2.39. The van der Waals surface area contributed by atoms with E-state index in [1.54, 1.807) is 0 Å². The molecular formula is C16H12F5NO4. The summed E-state index contributed by atoms with van der Waals surface area (Å²) in [5, 5.41) is 21.2. The van der Waals surface area contributed by atoms with Crippen LogP contribution in [0, 0.1) is 10.1 Å². The van der Waals surface area contributed by atoms with E-state index in [0.29, 0.717) is 12.1 Å². The van der Waals surface area contributed by atoms with Crippen molar-refractivity contribution in [3.8, 4) is 5.75 Å². The maximum absolute atomic E-state index is 14.3. The molecule has 0 aliphatic heterocycles. The van der Waals surface area contributed by atoms with Gasteiger partial charge in [0.2, 0.25) is 0 Å². The smallest absolute Gasteiger partial charge is 0.457 e. The summed E-state index contributed by atoms with van der Waals surface area (Å²) in [4.78, 5) is 9.81. The summed E-state index contributed by atoms with van der Waals surface area (Å²) in [5.74, 6) is -5.40. The Morgan fingerprint density at radius 2 is 1.35 bits per heavy atom. The molecule has 0 spiro atoms. The number of alkyl halides is 5. The van der Waals surface area contributed by atoms with Gasteiger partial charge in [-0.3, -0.25) is 10.1 Å². The number of ether oxygens (including phenoxy) is 1. The van der Waals surface area contributed by atoms with E-state index in [1.165, 1.54) is 7.11 Å². The molecule has 2 aromatic rings. The molecule has 0 bridgehead atoms. The molecular weight excluding hydrogens is 365 g/mol. The van der Waals surface area contributed by atoms with E-state index in [2.05, 4.69) is 0 Å². The monoisotopic (exact) mass is 377 g/mol. The molecule has 1 atom stereocenters. The minimum atomic E-state index is -6.08. The van der Waals surface area contributed by atoms with Crippen molar-refractivity contribution in [3.63, 3.8) is 0 Å². The number of non-ortho nitro benzene ring substituents is 1. The molecule has 0 aliphatic rings. The largest absolute Gasteiger partial charge is 0.497 e. The molecule has 0 fully saturated rings. The number of nitrogens with zero attached hydrogens (tertiary/aromatic N) is 1. The number of benzene rings is 2. The van der Waals surface area contributed by atoms with E-state index < -0.39 is 39.4 Å². The minimum absolute atomic E-state index is 0.176. The van der Waals surface area contributed by atoms with Gasteiger partial charge in [0.25, 0.3) is 5.69 Å². The van der Waals surface area contributed by atoms with Gasteiger partial charge >= 0.3 is 12.1 Å².